The molecule has 2 N–H and O–H groups in total. The first-order chi connectivity index (χ1) is 19.2. The summed E-state index contributed by atoms with van der Waals surface area (Å²) in [4.78, 5) is 40.7. The molecule has 0 radical (unpaired) electrons. The van der Waals surface area contributed by atoms with Gasteiger partial charge in [-0.05, 0) is 60.1 Å². The van der Waals surface area contributed by atoms with E-state index in [1.165, 1.54) is 0 Å². The molecule has 0 aromatic heterocycles. The summed E-state index contributed by atoms with van der Waals surface area (Å²) >= 11 is 0. The molecule has 3 aromatic carbocycles. The highest BCUT2D eigenvalue weighted by Crippen LogP contribution is 2.51. The number of carbonyl (C=O) groups is 3. The molecule has 208 valence electrons. The van der Waals surface area contributed by atoms with Gasteiger partial charge in [0.15, 0.2) is 0 Å². The van der Waals surface area contributed by atoms with Crippen molar-refractivity contribution in [2.75, 3.05) is 19.6 Å². The van der Waals surface area contributed by atoms with Crippen LogP contribution in [0.4, 0.5) is 13.2 Å². The van der Waals surface area contributed by atoms with E-state index in [0.717, 1.165) is 11.1 Å². The monoisotopic (exact) mass is 549 g/mol. The van der Waals surface area contributed by atoms with E-state index in [9.17, 15) is 27.6 Å². The molecule has 1 fully saturated rings. The molecular weight excluding hydrogens is 519 g/mol. The zero-order valence-corrected chi connectivity index (χ0v) is 21.8. The van der Waals surface area contributed by atoms with Gasteiger partial charge in [0.05, 0.1) is 0 Å². The SMILES string of the molecule is O=C(NC1CCN(CCCCC2(C(=O)NCC(F)(F)F)c3ccccc3-c3ccccc32)C1=O)c1ccccc1. The van der Waals surface area contributed by atoms with Gasteiger partial charge in [0.1, 0.15) is 18.0 Å². The highest BCUT2D eigenvalue weighted by atomic mass is 19.4. The van der Waals surface area contributed by atoms with E-state index < -0.39 is 30.1 Å². The lowest BCUT2D eigenvalue weighted by Gasteiger charge is -2.31. The van der Waals surface area contributed by atoms with Gasteiger partial charge in [-0.2, -0.15) is 13.2 Å². The van der Waals surface area contributed by atoms with E-state index in [2.05, 4.69) is 10.6 Å². The highest BCUT2D eigenvalue weighted by molar-refractivity contribution is 6.00. The number of unbranched alkanes of at least 4 members (excludes halogenated alkanes) is 1. The number of rotatable bonds is 9. The van der Waals surface area contributed by atoms with Crippen molar-refractivity contribution in [1.29, 1.82) is 0 Å². The maximum atomic E-state index is 13.6. The Labute approximate surface area is 230 Å². The number of benzene rings is 3. The van der Waals surface area contributed by atoms with Gasteiger partial charge in [-0.1, -0.05) is 66.7 Å². The zero-order chi connectivity index (χ0) is 28.3. The molecule has 0 spiro atoms. The molecule has 0 saturated carbocycles. The Morgan fingerprint density at radius 1 is 0.875 bits per heavy atom. The molecule has 0 bridgehead atoms. The lowest BCUT2D eigenvalue weighted by molar-refractivity contribution is -0.141. The number of likely N-dealkylation sites (tertiary alicyclic amines) is 1. The topological polar surface area (TPSA) is 78.5 Å². The third-order valence-electron chi connectivity index (χ3n) is 7.77. The van der Waals surface area contributed by atoms with E-state index >= 15 is 0 Å². The Morgan fingerprint density at radius 2 is 1.48 bits per heavy atom. The quantitative estimate of drug-likeness (QED) is 0.376. The van der Waals surface area contributed by atoms with Crippen LogP contribution in [0.15, 0.2) is 78.9 Å². The van der Waals surface area contributed by atoms with Crippen molar-refractivity contribution >= 4 is 17.7 Å². The van der Waals surface area contributed by atoms with Crippen molar-refractivity contribution in [3.63, 3.8) is 0 Å². The number of halogens is 3. The minimum atomic E-state index is -4.53. The van der Waals surface area contributed by atoms with Crippen LogP contribution in [0.3, 0.4) is 0 Å². The largest absolute Gasteiger partial charge is 0.405 e. The van der Waals surface area contributed by atoms with Gasteiger partial charge >= 0.3 is 6.18 Å². The molecule has 1 atom stereocenters. The number of amides is 3. The van der Waals surface area contributed by atoms with Gasteiger partial charge in [-0.25, -0.2) is 0 Å². The second kappa shape index (κ2) is 11.2. The fraction of sp³-hybridized carbons (Fsp3) is 0.323. The van der Waals surface area contributed by atoms with Gasteiger partial charge in [-0.15, -0.1) is 0 Å². The molecule has 1 heterocycles. The van der Waals surface area contributed by atoms with Crippen LogP contribution >= 0.6 is 0 Å². The summed E-state index contributed by atoms with van der Waals surface area (Å²) in [6.45, 7) is -0.474. The number of nitrogens with zero attached hydrogens (tertiary/aromatic N) is 1. The van der Waals surface area contributed by atoms with Crippen LogP contribution in [-0.2, 0) is 15.0 Å². The Balaban J connectivity index is 1.27. The molecular formula is C31H30F3N3O3. The van der Waals surface area contributed by atoms with Crippen molar-refractivity contribution in [2.24, 2.45) is 0 Å². The van der Waals surface area contributed by atoms with E-state index in [0.29, 0.717) is 55.5 Å². The standard InChI is InChI=1S/C31H30F3N3O3/c32-31(33,34)20-35-29(40)30(24-14-6-4-12-22(24)23-13-5-7-15-25(23)30)17-8-9-18-37-19-16-26(28(37)39)36-27(38)21-10-2-1-3-11-21/h1-7,10-15,26H,8-9,16-20H2,(H,35,40)(H,36,38). The number of nitrogens with one attached hydrogen (secondary N) is 2. The van der Waals surface area contributed by atoms with Crippen molar-refractivity contribution in [3.05, 3.63) is 95.6 Å². The maximum absolute atomic E-state index is 13.6. The molecule has 5 rings (SSSR count). The lowest BCUT2D eigenvalue weighted by Crippen LogP contribution is -2.47. The van der Waals surface area contributed by atoms with Crippen LogP contribution in [0.1, 0.15) is 47.2 Å². The predicted octanol–water partition coefficient (Wildman–Crippen LogP) is 4.83. The van der Waals surface area contributed by atoms with E-state index in [1.54, 1.807) is 41.3 Å². The van der Waals surface area contributed by atoms with Gasteiger partial charge in [0, 0.05) is 18.7 Å². The molecule has 3 amide bonds. The number of fused-ring (bicyclic) bond motifs is 3. The third-order valence-corrected chi connectivity index (χ3v) is 7.77. The molecule has 2 aliphatic rings. The molecule has 6 nitrogen and oxygen atoms in total. The van der Waals surface area contributed by atoms with Crippen LogP contribution in [-0.4, -0.2) is 54.5 Å². The molecule has 3 aromatic rings. The average Bonchev–Trinajstić information content (AvgIpc) is 3.45. The number of hydrogen-bond donors (Lipinski definition) is 2. The van der Waals surface area contributed by atoms with Gasteiger partial charge in [-0.3, -0.25) is 14.4 Å². The van der Waals surface area contributed by atoms with E-state index in [4.69, 9.17) is 0 Å². The summed E-state index contributed by atoms with van der Waals surface area (Å²) < 4.78 is 39.2. The van der Waals surface area contributed by atoms with Gasteiger partial charge in [0.25, 0.3) is 5.91 Å². The van der Waals surface area contributed by atoms with Crippen molar-refractivity contribution in [3.8, 4) is 11.1 Å². The molecule has 1 unspecified atom stereocenters. The first-order valence-corrected chi connectivity index (χ1v) is 13.4. The average molecular weight is 550 g/mol. The third kappa shape index (κ3) is 5.33. The Hall–Kier alpha value is -4.14. The summed E-state index contributed by atoms with van der Waals surface area (Å²) in [5.74, 6) is -1.13. The van der Waals surface area contributed by atoms with E-state index in [-0.39, 0.29) is 11.8 Å². The summed E-state index contributed by atoms with van der Waals surface area (Å²) in [5.41, 5.74) is 2.28. The molecule has 40 heavy (non-hydrogen) atoms. The van der Waals surface area contributed by atoms with Gasteiger partial charge in [0.2, 0.25) is 11.8 Å². The first-order valence-electron chi connectivity index (χ1n) is 13.4. The molecule has 9 heteroatoms. The zero-order valence-electron chi connectivity index (χ0n) is 21.8. The summed E-state index contributed by atoms with van der Waals surface area (Å²) in [7, 11) is 0. The Morgan fingerprint density at radius 3 is 2.10 bits per heavy atom. The van der Waals surface area contributed by atoms with Crippen LogP contribution in [0.5, 0.6) is 0 Å². The van der Waals surface area contributed by atoms with Crippen LogP contribution in [0, 0.1) is 0 Å². The molecule has 1 aliphatic heterocycles. The maximum Gasteiger partial charge on any atom is 0.405 e. The first kappa shape index (κ1) is 27.4. The second-order valence-corrected chi connectivity index (χ2v) is 10.3. The predicted molar refractivity (Wildman–Crippen MR) is 144 cm³/mol. The molecule has 1 saturated heterocycles. The van der Waals surface area contributed by atoms with Crippen molar-refractivity contribution < 1.29 is 27.6 Å². The minimum absolute atomic E-state index is 0.154. The van der Waals surface area contributed by atoms with Crippen LogP contribution in [0.2, 0.25) is 0 Å². The number of hydrogen-bond acceptors (Lipinski definition) is 3. The Kier molecular flexibility index (Phi) is 7.65. The van der Waals surface area contributed by atoms with Crippen molar-refractivity contribution in [1.82, 2.24) is 15.5 Å². The summed E-state index contributed by atoms with van der Waals surface area (Å²) in [6.07, 6.45) is -2.67. The normalized spacial score (nSPS) is 17.3. The lowest BCUT2D eigenvalue weighted by atomic mass is 9.73. The minimum Gasteiger partial charge on any atom is -0.346 e. The van der Waals surface area contributed by atoms with Crippen LogP contribution < -0.4 is 10.6 Å². The highest BCUT2D eigenvalue weighted by Gasteiger charge is 2.49. The summed E-state index contributed by atoms with van der Waals surface area (Å²) in [5, 5.41) is 4.95. The van der Waals surface area contributed by atoms with Crippen LogP contribution in [0.25, 0.3) is 11.1 Å². The number of alkyl halides is 3. The number of carbonyl (C=O) groups excluding carboxylic acids is 3. The molecule has 1 aliphatic carbocycles. The van der Waals surface area contributed by atoms with Crippen molar-refractivity contribution in [2.45, 2.75) is 43.3 Å². The summed E-state index contributed by atoms with van der Waals surface area (Å²) in [6, 6.07) is 22.8. The fourth-order valence-electron chi connectivity index (χ4n) is 5.90. The van der Waals surface area contributed by atoms with Gasteiger partial charge < -0.3 is 15.5 Å². The fourth-order valence-corrected chi connectivity index (χ4v) is 5.90. The second-order valence-electron chi connectivity index (χ2n) is 10.3. The Bertz CT molecular complexity index is 1360. The van der Waals surface area contributed by atoms with E-state index in [1.807, 2.05) is 42.5 Å². The smallest absolute Gasteiger partial charge is 0.346 e.